The lowest BCUT2D eigenvalue weighted by atomic mass is 10.1. The van der Waals surface area contributed by atoms with Gasteiger partial charge in [0.25, 0.3) is 0 Å². The van der Waals surface area contributed by atoms with Crippen LogP contribution in [0.5, 0.6) is 0 Å². The highest BCUT2D eigenvalue weighted by Crippen LogP contribution is 2.24. The van der Waals surface area contributed by atoms with Crippen LogP contribution in [0.1, 0.15) is 41.5 Å². The van der Waals surface area contributed by atoms with Crippen molar-refractivity contribution in [3.8, 4) is 0 Å². The van der Waals surface area contributed by atoms with Gasteiger partial charge in [-0.05, 0) is 34.0 Å². The third-order valence-electron chi connectivity index (χ3n) is 2.97. The second kappa shape index (κ2) is 5.88. The number of aromatic carboxylic acids is 1. The van der Waals surface area contributed by atoms with E-state index in [1.54, 1.807) is 13.8 Å². The van der Waals surface area contributed by atoms with Crippen molar-refractivity contribution in [3.63, 3.8) is 0 Å². The van der Waals surface area contributed by atoms with Crippen LogP contribution in [0, 0.1) is 11.6 Å². The number of carboxylic acid groups (broad SMARTS) is 1. The van der Waals surface area contributed by atoms with Gasteiger partial charge in [0.2, 0.25) is 0 Å². The number of carbonyl (C=O) groups is 1. The Kier molecular flexibility index (Phi) is 4.36. The normalized spacial score (nSPS) is 11.1. The van der Waals surface area contributed by atoms with E-state index in [0.717, 1.165) is 6.07 Å². The monoisotopic (exact) mass is 359 g/mol. The quantitative estimate of drug-likeness (QED) is 0.851. The first kappa shape index (κ1) is 15.6. The number of carboxylic acids is 1. The Hall–Kier alpha value is -1.83. The third-order valence-corrected chi connectivity index (χ3v) is 3.58. The summed E-state index contributed by atoms with van der Waals surface area (Å²) in [6, 6.07) is 2.40. The maximum absolute atomic E-state index is 14.0. The lowest BCUT2D eigenvalue weighted by Gasteiger charge is -2.11. The molecule has 0 atom stereocenters. The summed E-state index contributed by atoms with van der Waals surface area (Å²) in [4.78, 5) is 11.1. The molecular weight excluding hydrogens is 348 g/mol. The number of rotatable bonds is 4. The van der Waals surface area contributed by atoms with Crippen LogP contribution in [-0.2, 0) is 6.54 Å². The third kappa shape index (κ3) is 2.94. The van der Waals surface area contributed by atoms with Crippen molar-refractivity contribution in [2.24, 2.45) is 0 Å². The molecular formula is C13H12BrF2N3O2. The van der Waals surface area contributed by atoms with Crippen LogP contribution in [-0.4, -0.2) is 26.1 Å². The largest absolute Gasteiger partial charge is 0.476 e. The Labute approximate surface area is 127 Å². The van der Waals surface area contributed by atoms with E-state index < -0.39 is 17.6 Å². The van der Waals surface area contributed by atoms with Crippen molar-refractivity contribution < 1.29 is 18.7 Å². The Balaban J connectivity index is 2.51. The first-order chi connectivity index (χ1) is 9.82. The smallest absolute Gasteiger partial charge is 0.358 e. The molecule has 0 saturated heterocycles. The van der Waals surface area contributed by atoms with Crippen LogP contribution < -0.4 is 0 Å². The summed E-state index contributed by atoms with van der Waals surface area (Å²) in [6.07, 6.45) is 0. The summed E-state index contributed by atoms with van der Waals surface area (Å²) < 4.78 is 29.1. The van der Waals surface area contributed by atoms with Gasteiger partial charge >= 0.3 is 5.97 Å². The highest BCUT2D eigenvalue weighted by molar-refractivity contribution is 9.10. The van der Waals surface area contributed by atoms with Crippen molar-refractivity contribution in [1.82, 2.24) is 15.0 Å². The maximum atomic E-state index is 14.0. The summed E-state index contributed by atoms with van der Waals surface area (Å²) in [5.41, 5.74) is -0.0878. The van der Waals surface area contributed by atoms with Crippen LogP contribution in [0.3, 0.4) is 0 Å². The zero-order valence-corrected chi connectivity index (χ0v) is 12.9. The van der Waals surface area contributed by atoms with Crippen LogP contribution >= 0.6 is 15.9 Å². The Bertz CT molecular complexity index is 701. The number of halogens is 3. The molecule has 2 aromatic rings. The molecule has 21 heavy (non-hydrogen) atoms. The number of nitrogens with zero attached hydrogens (tertiary/aromatic N) is 3. The molecule has 0 unspecified atom stereocenters. The van der Waals surface area contributed by atoms with Crippen molar-refractivity contribution in [1.29, 1.82) is 0 Å². The minimum absolute atomic E-state index is 0.128. The van der Waals surface area contributed by atoms with Gasteiger partial charge in [-0.25, -0.2) is 18.3 Å². The van der Waals surface area contributed by atoms with E-state index in [4.69, 9.17) is 5.11 Å². The zero-order chi connectivity index (χ0) is 15.7. The van der Waals surface area contributed by atoms with Gasteiger partial charge in [-0.2, -0.15) is 0 Å². The van der Waals surface area contributed by atoms with Gasteiger partial charge in [0.05, 0.1) is 16.7 Å². The van der Waals surface area contributed by atoms with Crippen LogP contribution in [0.15, 0.2) is 16.6 Å². The maximum Gasteiger partial charge on any atom is 0.358 e. The molecule has 0 radical (unpaired) electrons. The SMILES string of the molecule is CC(C)c1c(C(=O)O)nnn1Cc1c(F)ccc(Br)c1F. The second-order valence-corrected chi connectivity index (χ2v) is 5.62. The molecule has 8 heteroatoms. The fraction of sp³-hybridized carbons (Fsp3) is 0.308. The Morgan fingerprint density at radius 1 is 1.43 bits per heavy atom. The number of benzene rings is 1. The molecule has 0 spiro atoms. The summed E-state index contributed by atoms with van der Waals surface area (Å²) in [5.74, 6) is -2.89. The minimum atomic E-state index is -1.22. The summed E-state index contributed by atoms with van der Waals surface area (Å²) in [7, 11) is 0. The van der Waals surface area contributed by atoms with Gasteiger partial charge in [-0.1, -0.05) is 19.1 Å². The van der Waals surface area contributed by atoms with Crippen molar-refractivity contribution in [3.05, 3.63) is 45.2 Å². The predicted molar refractivity (Wildman–Crippen MR) is 74.2 cm³/mol. The molecule has 0 aliphatic carbocycles. The highest BCUT2D eigenvalue weighted by atomic mass is 79.9. The van der Waals surface area contributed by atoms with Crippen molar-refractivity contribution in [2.75, 3.05) is 0 Å². The number of hydrogen-bond acceptors (Lipinski definition) is 3. The molecule has 1 heterocycles. The van der Waals surface area contributed by atoms with E-state index in [0.29, 0.717) is 5.69 Å². The topological polar surface area (TPSA) is 68.0 Å². The van der Waals surface area contributed by atoms with Gasteiger partial charge in [0, 0.05) is 5.56 Å². The van der Waals surface area contributed by atoms with E-state index in [1.165, 1.54) is 10.7 Å². The molecule has 112 valence electrons. The standard InChI is InChI=1S/C13H12BrF2N3O2/c1-6(2)12-11(13(20)21)17-18-19(12)5-7-9(15)4-3-8(14)10(7)16/h3-4,6H,5H2,1-2H3,(H,20,21). The first-order valence-electron chi connectivity index (χ1n) is 6.12. The molecule has 0 aliphatic rings. The lowest BCUT2D eigenvalue weighted by molar-refractivity contribution is 0.0688. The Morgan fingerprint density at radius 3 is 2.67 bits per heavy atom. The van der Waals surface area contributed by atoms with Crippen LogP contribution in [0.2, 0.25) is 0 Å². The Morgan fingerprint density at radius 2 is 2.10 bits per heavy atom. The van der Waals surface area contributed by atoms with Crippen LogP contribution in [0.25, 0.3) is 0 Å². The highest BCUT2D eigenvalue weighted by Gasteiger charge is 2.23. The van der Waals surface area contributed by atoms with Crippen LogP contribution in [0.4, 0.5) is 8.78 Å². The van der Waals surface area contributed by atoms with Gasteiger partial charge in [-0.15, -0.1) is 5.10 Å². The summed E-state index contributed by atoms with van der Waals surface area (Å²) in [5, 5.41) is 16.4. The molecule has 1 aromatic carbocycles. The molecule has 1 aromatic heterocycles. The minimum Gasteiger partial charge on any atom is -0.476 e. The molecule has 2 rings (SSSR count). The average molecular weight is 360 g/mol. The van der Waals surface area contributed by atoms with E-state index >= 15 is 0 Å². The molecule has 1 N–H and O–H groups in total. The molecule has 0 fully saturated rings. The zero-order valence-electron chi connectivity index (χ0n) is 11.3. The van der Waals surface area contributed by atoms with E-state index in [1.807, 2.05) is 0 Å². The molecule has 0 saturated carbocycles. The van der Waals surface area contributed by atoms with Crippen molar-refractivity contribution >= 4 is 21.9 Å². The molecule has 0 bridgehead atoms. The van der Waals surface area contributed by atoms with Gasteiger partial charge in [-0.3, -0.25) is 0 Å². The fourth-order valence-electron chi connectivity index (χ4n) is 2.02. The van der Waals surface area contributed by atoms with Gasteiger partial charge in [0.1, 0.15) is 11.6 Å². The first-order valence-corrected chi connectivity index (χ1v) is 6.91. The average Bonchev–Trinajstić information content (AvgIpc) is 2.83. The van der Waals surface area contributed by atoms with E-state index in [9.17, 15) is 13.6 Å². The van der Waals surface area contributed by atoms with Gasteiger partial charge in [0.15, 0.2) is 5.69 Å². The predicted octanol–water partition coefficient (Wildman–Crippen LogP) is 3.19. The number of hydrogen-bond donors (Lipinski definition) is 1. The molecule has 5 nitrogen and oxygen atoms in total. The number of aromatic nitrogens is 3. The second-order valence-electron chi connectivity index (χ2n) is 4.76. The molecule has 0 amide bonds. The lowest BCUT2D eigenvalue weighted by Crippen LogP contribution is -2.13. The van der Waals surface area contributed by atoms with Crippen molar-refractivity contribution in [2.45, 2.75) is 26.3 Å². The fourth-order valence-corrected chi connectivity index (χ4v) is 2.40. The molecule has 0 aliphatic heterocycles. The van der Waals surface area contributed by atoms with Gasteiger partial charge < -0.3 is 5.11 Å². The summed E-state index contributed by atoms with van der Waals surface area (Å²) in [6.45, 7) is 3.29. The summed E-state index contributed by atoms with van der Waals surface area (Å²) >= 11 is 2.99. The van der Waals surface area contributed by atoms with E-state index in [2.05, 4.69) is 26.2 Å². The van der Waals surface area contributed by atoms with E-state index in [-0.39, 0.29) is 28.2 Å².